The first-order chi connectivity index (χ1) is 14.3. The second-order valence-electron chi connectivity index (χ2n) is 6.76. The van der Waals surface area contributed by atoms with Gasteiger partial charge in [0.05, 0.1) is 11.8 Å². The van der Waals surface area contributed by atoms with Gasteiger partial charge in [-0.05, 0) is 29.8 Å². The summed E-state index contributed by atoms with van der Waals surface area (Å²) in [6.07, 6.45) is 1.73. The minimum atomic E-state index is 0.802. The molecule has 3 aromatic carbocycles. The summed E-state index contributed by atoms with van der Waals surface area (Å²) in [5.41, 5.74) is 5.14. The predicted octanol–water partition coefficient (Wildman–Crippen LogP) is 8.30. The van der Waals surface area contributed by atoms with Crippen LogP contribution >= 0.6 is 15.9 Å². The first kappa shape index (κ1) is 17.8. The monoisotopic (exact) mass is 440 g/mol. The van der Waals surface area contributed by atoms with Crippen molar-refractivity contribution in [2.75, 3.05) is 0 Å². The number of hydrogen-bond acceptors (Lipinski definition) is 2. The Morgan fingerprint density at radius 3 is 1.90 bits per heavy atom. The van der Waals surface area contributed by atoms with E-state index >= 15 is 0 Å². The molecule has 0 amide bonds. The Balaban J connectivity index is 1.71. The predicted molar refractivity (Wildman–Crippen MR) is 120 cm³/mol. The molecule has 2 heterocycles. The number of hydrogen-bond donors (Lipinski definition) is 0. The summed E-state index contributed by atoms with van der Waals surface area (Å²) < 4.78 is 13.4. The minimum Gasteiger partial charge on any atom is -0.464 e. The van der Waals surface area contributed by atoms with Crippen LogP contribution in [0.2, 0.25) is 0 Å². The number of benzene rings is 3. The molecular weight excluding hydrogens is 424 g/mol. The van der Waals surface area contributed by atoms with E-state index in [-0.39, 0.29) is 0 Å². The van der Waals surface area contributed by atoms with E-state index in [0.29, 0.717) is 0 Å². The zero-order valence-corrected chi connectivity index (χ0v) is 17.1. The van der Waals surface area contributed by atoms with Crippen molar-refractivity contribution in [3.63, 3.8) is 0 Å². The third kappa shape index (κ3) is 3.45. The molecule has 0 fully saturated rings. The highest BCUT2D eigenvalue weighted by Gasteiger charge is 2.21. The molecule has 0 spiro atoms. The van der Waals surface area contributed by atoms with Crippen LogP contribution in [0.25, 0.3) is 45.1 Å². The molecule has 5 rings (SSSR count). The number of halogens is 1. The fraction of sp³-hybridized carbons (Fsp3) is 0. The molecule has 0 aliphatic rings. The van der Waals surface area contributed by atoms with E-state index in [2.05, 4.69) is 46.3 Å². The average molecular weight is 441 g/mol. The summed E-state index contributed by atoms with van der Waals surface area (Å²) in [5, 5.41) is 0. The normalized spacial score (nSPS) is 10.9. The van der Waals surface area contributed by atoms with Gasteiger partial charge in [0, 0.05) is 21.2 Å². The minimum absolute atomic E-state index is 0.802. The van der Waals surface area contributed by atoms with Crippen molar-refractivity contribution in [1.29, 1.82) is 0 Å². The third-order valence-corrected chi connectivity index (χ3v) is 5.42. The highest BCUT2D eigenvalue weighted by molar-refractivity contribution is 9.10. The maximum absolute atomic E-state index is 6.37. The van der Waals surface area contributed by atoms with Gasteiger partial charge in [-0.1, -0.05) is 88.7 Å². The molecule has 0 aliphatic heterocycles. The molecule has 0 radical (unpaired) electrons. The van der Waals surface area contributed by atoms with Crippen molar-refractivity contribution in [2.24, 2.45) is 0 Å². The van der Waals surface area contributed by atoms with Crippen molar-refractivity contribution in [3.8, 4) is 45.1 Å². The Kier molecular flexibility index (Phi) is 4.66. The van der Waals surface area contributed by atoms with E-state index in [9.17, 15) is 0 Å². The number of rotatable bonds is 4. The lowest BCUT2D eigenvalue weighted by Gasteiger charge is -2.04. The van der Waals surface area contributed by atoms with Crippen LogP contribution in [-0.4, -0.2) is 0 Å². The average Bonchev–Trinajstić information content (AvgIpc) is 3.43. The van der Waals surface area contributed by atoms with E-state index < -0.39 is 0 Å². The zero-order chi connectivity index (χ0) is 19.6. The quantitative estimate of drug-likeness (QED) is 0.280. The molecule has 2 aromatic heterocycles. The van der Waals surface area contributed by atoms with Gasteiger partial charge in [-0.2, -0.15) is 0 Å². The van der Waals surface area contributed by atoms with Crippen LogP contribution in [0, 0.1) is 0 Å². The summed E-state index contributed by atoms with van der Waals surface area (Å²) >= 11 is 3.50. The second-order valence-corrected chi connectivity index (χ2v) is 7.67. The summed E-state index contributed by atoms with van der Waals surface area (Å²) in [7, 11) is 0. The molecular formula is C26H17BrO2. The van der Waals surface area contributed by atoms with Gasteiger partial charge < -0.3 is 8.83 Å². The standard InChI is InChI=1S/C26H17BrO2/c27-21-13-11-19(12-14-21)24-17-23(25(29-24)20-9-5-2-6-10-20)26-22(15-16-28-26)18-7-3-1-4-8-18/h1-17H. The molecule has 0 saturated carbocycles. The largest absolute Gasteiger partial charge is 0.464 e. The van der Waals surface area contributed by atoms with Crippen LogP contribution in [-0.2, 0) is 0 Å². The van der Waals surface area contributed by atoms with Gasteiger partial charge in [0.15, 0.2) is 0 Å². The van der Waals surface area contributed by atoms with Gasteiger partial charge in [-0.15, -0.1) is 0 Å². The van der Waals surface area contributed by atoms with Crippen LogP contribution in [0.4, 0.5) is 0 Å². The first-order valence-electron chi connectivity index (χ1n) is 9.38. The lowest BCUT2D eigenvalue weighted by Crippen LogP contribution is -1.81. The van der Waals surface area contributed by atoms with Crippen LogP contribution < -0.4 is 0 Å². The summed E-state index contributed by atoms with van der Waals surface area (Å²) in [4.78, 5) is 0. The van der Waals surface area contributed by atoms with Crippen molar-refractivity contribution < 1.29 is 8.83 Å². The molecule has 2 nitrogen and oxygen atoms in total. The van der Waals surface area contributed by atoms with Crippen LogP contribution in [0.15, 0.2) is 117 Å². The van der Waals surface area contributed by atoms with Crippen molar-refractivity contribution in [3.05, 3.63) is 108 Å². The lowest BCUT2D eigenvalue weighted by atomic mass is 10.00. The molecule has 29 heavy (non-hydrogen) atoms. The maximum Gasteiger partial charge on any atom is 0.145 e. The van der Waals surface area contributed by atoms with Gasteiger partial charge in [0.1, 0.15) is 17.3 Å². The van der Waals surface area contributed by atoms with Gasteiger partial charge in [0.25, 0.3) is 0 Å². The Labute approximate surface area is 177 Å². The van der Waals surface area contributed by atoms with Crippen molar-refractivity contribution in [2.45, 2.75) is 0 Å². The van der Waals surface area contributed by atoms with E-state index in [4.69, 9.17) is 8.83 Å². The summed E-state index contributed by atoms with van der Waals surface area (Å²) in [6.45, 7) is 0. The summed E-state index contributed by atoms with van der Waals surface area (Å²) in [6, 6.07) is 32.6. The molecule has 0 N–H and O–H groups in total. The molecule has 0 unspecified atom stereocenters. The smallest absolute Gasteiger partial charge is 0.145 e. The molecule has 0 saturated heterocycles. The van der Waals surface area contributed by atoms with E-state index in [1.54, 1.807) is 6.26 Å². The van der Waals surface area contributed by atoms with Gasteiger partial charge in [-0.25, -0.2) is 0 Å². The lowest BCUT2D eigenvalue weighted by molar-refractivity contribution is 0.576. The van der Waals surface area contributed by atoms with E-state index in [1.165, 1.54) is 0 Å². The van der Waals surface area contributed by atoms with Gasteiger partial charge in [0.2, 0.25) is 0 Å². The fourth-order valence-electron chi connectivity index (χ4n) is 3.48. The Hall–Kier alpha value is -3.30. The maximum atomic E-state index is 6.37. The fourth-order valence-corrected chi connectivity index (χ4v) is 3.75. The van der Waals surface area contributed by atoms with E-state index in [0.717, 1.165) is 49.6 Å². The SMILES string of the molecule is Brc1ccc(-c2cc(-c3occc3-c3ccccc3)c(-c3ccccc3)o2)cc1. The highest BCUT2D eigenvalue weighted by Crippen LogP contribution is 2.43. The van der Waals surface area contributed by atoms with Crippen molar-refractivity contribution in [1.82, 2.24) is 0 Å². The molecule has 5 aromatic rings. The van der Waals surface area contributed by atoms with E-state index in [1.807, 2.05) is 66.7 Å². The van der Waals surface area contributed by atoms with Gasteiger partial charge >= 0.3 is 0 Å². The van der Waals surface area contributed by atoms with Crippen LogP contribution in [0.5, 0.6) is 0 Å². The Morgan fingerprint density at radius 1 is 0.552 bits per heavy atom. The molecule has 0 atom stereocenters. The second kappa shape index (κ2) is 7.61. The van der Waals surface area contributed by atoms with Gasteiger partial charge in [-0.3, -0.25) is 0 Å². The van der Waals surface area contributed by atoms with Crippen LogP contribution in [0.1, 0.15) is 0 Å². The first-order valence-corrected chi connectivity index (χ1v) is 10.2. The Bertz CT molecular complexity index is 1230. The number of furan rings is 2. The zero-order valence-electron chi connectivity index (χ0n) is 15.5. The third-order valence-electron chi connectivity index (χ3n) is 4.89. The highest BCUT2D eigenvalue weighted by atomic mass is 79.9. The topological polar surface area (TPSA) is 26.3 Å². The summed E-state index contributed by atoms with van der Waals surface area (Å²) in [5.74, 6) is 2.42. The Morgan fingerprint density at radius 2 is 1.21 bits per heavy atom. The van der Waals surface area contributed by atoms with Crippen LogP contribution in [0.3, 0.4) is 0 Å². The molecule has 3 heteroatoms. The molecule has 0 bridgehead atoms. The molecule has 140 valence electrons. The molecule has 0 aliphatic carbocycles. The van der Waals surface area contributed by atoms with Crippen molar-refractivity contribution >= 4 is 15.9 Å².